The lowest BCUT2D eigenvalue weighted by atomic mass is 9.51. The third-order valence-electron chi connectivity index (χ3n) is 4.93. The number of carbonyl (C=O) groups is 1. The fourth-order valence-corrected chi connectivity index (χ4v) is 4.24. The first-order chi connectivity index (χ1) is 7.50. The van der Waals surface area contributed by atoms with Crippen LogP contribution < -0.4 is 0 Å². The summed E-state index contributed by atoms with van der Waals surface area (Å²) in [6, 6.07) is 0. The zero-order valence-electron chi connectivity index (χ0n) is 10.9. The van der Waals surface area contributed by atoms with E-state index in [9.17, 15) is 4.79 Å². The van der Waals surface area contributed by atoms with E-state index in [1.807, 2.05) is 0 Å². The average Bonchev–Trinajstić information content (AvgIpc) is 2.16. The van der Waals surface area contributed by atoms with Crippen LogP contribution >= 0.6 is 0 Å². The molecule has 0 radical (unpaired) electrons. The smallest absolute Gasteiger partial charge is 0.120 e. The fraction of sp³-hybridized carbons (Fsp3) is 0.800. The number of hydrogen-bond acceptors (Lipinski definition) is 1. The minimum atomic E-state index is 0.200. The van der Waals surface area contributed by atoms with Crippen LogP contribution in [0.1, 0.15) is 59.3 Å². The predicted molar refractivity (Wildman–Crippen MR) is 67.2 cm³/mol. The molecule has 0 amide bonds. The molecule has 0 N–H and O–H groups in total. The lowest BCUT2D eigenvalue weighted by Crippen LogP contribution is -2.44. The van der Waals surface area contributed by atoms with Gasteiger partial charge in [0, 0.05) is 6.42 Å². The van der Waals surface area contributed by atoms with Crippen LogP contribution in [-0.2, 0) is 4.79 Å². The summed E-state index contributed by atoms with van der Waals surface area (Å²) >= 11 is 0. The van der Waals surface area contributed by atoms with Crippen LogP contribution in [0.5, 0.6) is 0 Å². The molecule has 0 bridgehead atoms. The van der Waals surface area contributed by atoms with Crippen molar-refractivity contribution in [1.29, 1.82) is 0 Å². The van der Waals surface area contributed by atoms with Gasteiger partial charge in [-0.25, -0.2) is 0 Å². The molecule has 0 heterocycles. The Balaban J connectivity index is 2.38. The van der Waals surface area contributed by atoms with Crippen LogP contribution in [0.4, 0.5) is 0 Å². The van der Waals surface area contributed by atoms with Gasteiger partial charge >= 0.3 is 0 Å². The van der Waals surface area contributed by atoms with E-state index in [1.54, 1.807) is 0 Å². The molecule has 0 unspecified atom stereocenters. The third kappa shape index (κ3) is 1.85. The maximum absolute atomic E-state index is 11.0. The maximum Gasteiger partial charge on any atom is 0.120 e. The molecule has 2 aliphatic rings. The largest absolute Gasteiger partial charge is 0.303 e. The fourth-order valence-electron chi connectivity index (χ4n) is 4.24. The number of aldehydes is 1. The number of carbonyl (C=O) groups excluding carboxylic acids is 1. The second kappa shape index (κ2) is 4.01. The molecule has 2 aliphatic carbocycles. The maximum atomic E-state index is 11.0. The minimum Gasteiger partial charge on any atom is -0.303 e. The van der Waals surface area contributed by atoms with Gasteiger partial charge in [0.15, 0.2) is 0 Å². The summed E-state index contributed by atoms with van der Waals surface area (Å²) in [5.41, 5.74) is 2.11. The Morgan fingerprint density at radius 1 is 1.44 bits per heavy atom. The molecule has 2 rings (SSSR count). The minimum absolute atomic E-state index is 0.200. The second-order valence-corrected chi connectivity index (χ2v) is 6.53. The molecule has 1 fully saturated rings. The summed E-state index contributed by atoms with van der Waals surface area (Å²) in [6.45, 7) is 7.01. The summed E-state index contributed by atoms with van der Waals surface area (Å²) in [7, 11) is 0. The second-order valence-electron chi connectivity index (χ2n) is 6.53. The third-order valence-corrected chi connectivity index (χ3v) is 4.93. The predicted octanol–water partition coefficient (Wildman–Crippen LogP) is 4.13. The molecule has 1 saturated carbocycles. The molecular formula is C15H24O. The summed E-state index contributed by atoms with van der Waals surface area (Å²) in [5, 5.41) is 0. The van der Waals surface area contributed by atoms with E-state index in [1.165, 1.54) is 37.7 Å². The molecule has 0 spiro atoms. The summed E-state index contributed by atoms with van der Waals surface area (Å²) in [4.78, 5) is 11.0. The highest BCUT2D eigenvalue weighted by atomic mass is 16.1. The SMILES string of the molecule is CC1=C[C@]2(CC=O)CCCC(C)(C)[C@H]2CC1. The molecule has 0 saturated heterocycles. The van der Waals surface area contributed by atoms with Crippen molar-refractivity contribution in [2.45, 2.75) is 59.3 Å². The van der Waals surface area contributed by atoms with Crippen molar-refractivity contribution < 1.29 is 4.79 Å². The molecule has 16 heavy (non-hydrogen) atoms. The highest BCUT2D eigenvalue weighted by Crippen LogP contribution is 2.57. The first-order valence-electron chi connectivity index (χ1n) is 6.62. The van der Waals surface area contributed by atoms with Crippen molar-refractivity contribution in [3.05, 3.63) is 11.6 Å². The van der Waals surface area contributed by atoms with Crippen molar-refractivity contribution >= 4 is 6.29 Å². The number of fused-ring (bicyclic) bond motifs is 1. The normalized spacial score (nSPS) is 37.4. The summed E-state index contributed by atoms with van der Waals surface area (Å²) in [5.74, 6) is 0.711. The van der Waals surface area contributed by atoms with Gasteiger partial charge in [-0.15, -0.1) is 0 Å². The standard InChI is InChI=1S/C15H24O/c1-12-5-6-13-14(2,3)7-4-8-15(13,11-12)9-10-16/h10-11,13H,4-9H2,1-3H3/t13-,15-/m1/s1. The highest BCUT2D eigenvalue weighted by molar-refractivity contribution is 5.52. The molecule has 90 valence electrons. The van der Waals surface area contributed by atoms with Gasteiger partial charge in [0.1, 0.15) is 6.29 Å². The monoisotopic (exact) mass is 220 g/mol. The Bertz CT molecular complexity index is 313. The Labute approximate surface area is 99.3 Å². The lowest BCUT2D eigenvalue weighted by molar-refractivity contribution is -0.112. The van der Waals surface area contributed by atoms with E-state index in [2.05, 4.69) is 26.8 Å². The lowest BCUT2D eigenvalue weighted by Gasteiger charge is -2.53. The van der Waals surface area contributed by atoms with E-state index in [0.717, 1.165) is 12.7 Å². The van der Waals surface area contributed by atoms with Crippen molar-refractivity contribution in [3.8, 4) is 0 Å². The number of hydrogen-bond donors (Lipinski definition) is 0. The van der Waals surface area contributed by atoms with Crippen LogP contribution in [0.2, 0.25) is 0 Å². The van der Waals surface area contributed by atoms with E-state index in [0.29, 0.717) is 11.3 Å². The van der Waals surface area contributed by atoms with Crippen LogP contribution in [0.3, 0.4) is 0 Å². The van der Waals surface area contributed by atoms with Gasteiger partial charge in [-0.1, -0.05) is 31.9 Å². The van der Waals surface area contributed by atoms with E-state index < -0.39 is 0 Å². The molecule has 0 aromatic heterocycles. The van der Waals surface area contributed by atoms with Crippen LogP contribution in [0.15, 0.2) is 11.6 Å². The van der Waals surface area contributed by atoms with Crippen molar-refractivity contribution in [1.82, 2.24) is 0 Å². The topological polar surface area (TPSA) is 17.1 Å². The van der Waals surface area contributed by atoms with Crippen molar-refractivity contribution in [2.24, 2.45) is 16.7 Å². The zero-order chi connectivity index (χ0) is 11.8. The first kappa shape index (κ1) is 11.9. The van der Waals surface area contributed by atoms with Gasteiger partial charge in [0.2, 0.25) is 0 Å². The van der Waals surface area contributed by atoms with Gasteiger partial charge in [0.25, 0.3) is 0 Å². The Morgan fingerprint density at radius 2 is 2.19 bits per heavy atom. The molecular weight excluding hydrogens is 196 g/mol. The van der Waals surface area contributed by atoms with Gasteiger partial charge in [0.05, 0.1) is 0 Å². The van der Waals surface area contributed by atoms with E-state index >= 15 is 0 Å². The van der Waals surface area contributed by atoms with Crippen molar-refractivity contribution in [3.63, 3.8) is 0 Å². The molecule has 0 aliphatic heterocycles. The Morgan fingerprint density at radius 3 is 2.88 bits per heavy atom. The summed E-state index contributed by atoms with van der Waals surface area (Å²) in [6.07, 6.45) is 10.7. The Hall–Kier alpha value is -0.590. The summed E-state index contributed by atoms with van der Waals surface area (Å²) < 4.78 is 0. The molecule has 0 aromatic carbocycles. The molecule has 0 aromatic rings. The zero-order valence-corrected chi connectivity index (χ0v) is 10.9. The van der Waals surface area contributed by atoms with Gasteiger partial charge in [-0.2, -0.15) is 0 Å². The van der Waals surface area contributed by atoms with Gasteiger partial charge < -0.3 is 4.79 Å². The molecule has 1 heteroatoms. The van der Waals surface area contributed by atoms with E-state index in [4.69, 9.17) is 0 Å². The molecule has 1 nitrogen and oxygen atoms in total. The first-order valence-corrected chi connectivity index (χ1v) is 6.62. The Kier molecular flexibility index (Phi) is 2.98. The van der Waals surface area contributed by atoms with Crippen LogP contribution in [-0.4, -0.2) is 6.29 Å². The van der Waals surface area contributed by atoms with E-state index in [-0.39, 0.29) is 5.41 Å². The van der Waals surface area contributed by atoms with Crippen LogP contribution in [0, 0.1) is 16.7 Å². The molecule has 2 atom stereocenters. The van der Waals surface area contributed by atoms with Crippen molar-refractivity contribution in [2.75, 3.05) is 0 Å². The van der Waals surface area contributed by atoms with Crippen LogP contribution in [0.25, 0.3) is 0 Å². The number of rotatable bonds is 2. The van der Waals surface area contributed by atoms with Gasteiger partial charge in [-0.05, 0) is 49.4 Å². The van der Waals surface area contributed by atoms with Gasteiger partial charge in [-0.3, -0.25) is 0 Å². The quantitative estimate of drug-likeness (QED) is 0.505. The number of allylic oxidation sites excluding steroid dienone is 2. The average molecular weight is 220 g/mol. The highest BCUT2D eigenvalue weighted by Gasteiger charge is 2.48.